The van der Waals surface area contributed by atoms with Gasteiger partial charge in [0.15, 0.2) is 5.78 Å². The molecule has 0 unspecified atom stereocenters. The van der Waals surface area contributed by atoms with E-state index in [0.717, 1.165) is 39.9 Å². The molecule has 2 aromatic carbocycles. The molecule has 5 nitrogen and oxygen atoms in total. The van der Waals surface area contributed by atoms with E-state index in [1.54, 1.807) is 7.11 Å². The molecule has 0 atom stereocenters. The van der Waals surface area contributed by atoms with E-state index < -0.39 is 0 Å². The summed E-state index contributed by atoms with van der Waals surface area (Å²) in [4.78, 5) is 19.9. The molecule has 0 fully saturated rings. The zero-order chi connectivity index (χ0) is 18.3. The molecule has 0 bridgehead atoms. The molecule has 0 amide bonds. The van der Waals surface area contributed by atoms with Gasteiger partial charge in [-0.2, -0.15) is 0 Å². The summed E-state index contributed by atoms with van der Waals surface area (Å²) in [5.41, 5.74) is 4.16. The Bertz CT molecular complexity index is 1010. The van der Waals surface area contributed by atoms with Crippen LogP contribution >= 0.6 is 0 Å². The maximum absolute atomic E-state index is 13.1. The highest BCUT2D eigenvalue weighted by atomic mass is 16.5. The molecule has 1 N–H and O–H groups in total. The van der Waals surface area contributed by atoms with Gasteiger partial charge in [-0.05, 0) is 31.8 Å². The summed E-state index contributed by atoms with van der Waals surface area (Å²) in [5.74, 6) is 1.43. The number of aromatic nitrogens is 1. The quantitative estimate of drug-likeness (QED) is 0.599. The third-order valence-corrected chi connectivity index (χ3v) is 4.71. The number of pyridine rings is 1. The van der Waals surface area contributed by atoms with Crippen molar-refractivity contribution in [1.82, 2.24) is 9.88 Å². The first kappa shape index (κ1) is 16.5. The van der Waals surface area contributed by atoms with Gasteiger partial charge in [-0.25, -0.2) is 4.98 Å². The van der Waals surface area contributed by atoms with E-state index in [9.17, 15) is 4.79 Å². The van der Waals surface area contributed by atoms with Crippen molar-refractivity contribution in [3.05, 3.63) is 53.6 Å². The number of hydrogen-bond donors (Lipinski definition) is 1. The Kier molecular flexibility index (Phi) is 4.09. The van der Waals surface area contributed by atoms with Crippen LogP contribution in [0.1, 0.15) is 15.9 Å². The van der Waals surface area contributed by atoms with Crippen molar-refractivity contribution in [3.8, 4) is 16.9 Å². The number of anilines is 1. The van der Waals surface area contributed by atoms with Gasteiger partial charge in [-0.3, -0.25) is 4.79 Å². The summed E-state index contributed by atoms with van der Waals surface area (Å²) in [6, 6.07) is 13.6. The SMILES string of the molecule is COc1ccc2c3c(c(NCCN(C)C)nc2c1)C(=O)c1ccccc1-3. The molecule has 1 aliphatic carbocycles. The normalized spacial score (nSPS) is 12.4. The van der Waals surface area contributed by atoms with E-state index in [-0.39, 0.29) is 5.78 Å². The lowest BCUT2D eigenvalue weighted by atomic mass is 10.0. The van der Waals surface area contributed by atoms with Crippen LogP contribution in [0.15, 0.2) is 42.5 Å². The molecule has 0 saturated carbocycles. The van der Waals surface area contributed by atoms with Gasteiger partial charge >= 0.3 is 0 Å². The van der Waals surface area contributed by atoms with E-state index in [4.69, 9.17) is 9.72 Å². The number of rotatable bonds is 5. The molecule has 1 aromatic heterocycles. The van der Waals surface area contributed by atoms with E-state index in [2.05, 4.69) is 10.2 Å². The first-order valence-corrected chi connectivity index (χ1v) is 8.64. The summed E-state index contributed by atoms with van der Waals surface area (Å²) < 4.78 is 5.35. The fourth-order valence-electron chi connectivity index (χ4n) is 3.43. The lowest BCUT2D eigenvalue weighted by Gasteiger charge is -2.15. The van der Waals surface area contributed by atoms with Crippen molar-refractivity contribution in [2.75, 3.05) is 39.6 Å². The monoisotopic (exact) mass is 347 g/mol. The molecule has 1 heterocycles. The minimum absolute atomic E-state index is 0.0353. The van der Waals surface area contributed by atoms with Crippen LogP contribution in [0.5, 0.6) is 5.75 Å². The predicted octanol–water partition coefficient (Wildman–Crippen LogP) is 3.43. The van der Waals surface area contributed by atoms with Crippen LogP contribution in [-0.4, -0.2) is 50.0 Å². The van der Waals surface area contributed by atoms with Gasteiger partial charge in [0.2, 0.25) is 0 Å². The fraction of sp³-hybridized carbons (Fsp3) is 0.238. The molecule has 3 aromatic rings. The second-order valence-electron chi connectivity index (χ2n) is 6.70. The van der Waals surface area contributed by atoms with Crippen LogP contribution in [0, 0.1) is 0 Å². The number of methoxy groups -OCH3 is 1. The first-order chi connectivity index (χ1) is 12.6. The molecule has 4 rings (SSSR count). The van der Waals surface area contributed by atoms with Crippen molar-refractivity contribution in [2.45, 2.75) is 0 Å². The molecular formula is C21H21N3O2. The Morgan fingerprint density at radius 1 is 1.08 bits per heavy atom. The number of likely N-dealkylation sites (N-methyl/N-ethyl adjacent to an activating group) is 1. The minimum atomic E-state index is 0.0353. The molecule has 1 aliphatic rings. The van der Waals surface area contributed by atoms with Crippen LogP contribution in [0.25, 0.3) is 22.0 Å². The molecule has 0 saturated heterocycles. The number of ketones is 1. The summed E-state index contributed by atoms with van der Waals surface area (Å²) in [6.07, 6.45) is 0. The van der Waals surface area contributed by atoms with Gasteiger partial charge in [0.1, 0.15) is 11.6 Å². The lowest BCUT2D eigenvalue weighted by Crippen LogP contribution is -2.22. The highest BCUT2D eigenvalue weighted by Crippen LogP contribution is 2.44. The van der Waals surface area contributed by atoms with E-state index in [1.807, 2.05) is 56.6 Å². The number of carbonyl (C=O) groups excluding carboxylic acids is 1. The van der Waals surface area contributed by atoms with Gasteiger partial charge in [0.25, 0.3) is 0 Å². The number of carbonyl (C=O) groups is 1. The standard InChI is InChI=1S/C21H21N3O2/c1-24(2)11-10-22-21-19-18(14-6-4-5-7-15(14)20(19)25)16-9-8-13(26-3)12-17(16)23-21/h4-9,12H,10-11H2,1-3H3,(H,22,23). The lowest BCUT2D eigenvalue weighted by molar-refractivity contribution is 0.104. The van der Waals surface area contributed by atoms with Gasteiger partial charge in [-0.15, -0.1) is 0 Å². The Morgan fingerprint density at radius 3 is 2.58 bits per heavy atom. The summed E-state index contributed by atoms with van der Waals surface area (Å²) >= 11 is 0. The van der Waals surface area contributed by atoms with Crippen molar-refractivity contribution in [3.63, 3.8) is 0 Å². The highest BCUT2D eigenvalue weighted by molar-refractivity contribution is 6.28. The predicted molar refractivity (Wildman–Crippen MR) is 104 cm³/mol. The number of fused-ring (bicyclic) bond motifs is 5. The maximum atomic E-state index is 13.1. The highest BCUT2D eigenvalue weighted by Gasteiger charge is 2.32. The number of benzene rings is 2. The minimum Gasteiger partial charge on any atom is -0.497 e. The maximum Gasteiger partial charge on any atom is 0.198 e. The van der Waals surface area contributed by atoms with Gasteiger partial charge in [0, 0.05) is 35.7 Å². The average molecular weight is 347 g/mol. The topological polar surface area (TPSA) is 54.5 Å². The Labute approximate surface area is 152 Å². The summed E-state index contributed by atoms with van der Waals surface area (Å²) in [6.45, 7) is 1.57. The fourth-order valence-corrected chi connectivity index (χ4v) is 3.43. The smallest absolute Gasteiger partial charge is 0.198 e. The zero-order valence-electron chi connectivity index (χ0n) is 15.2. The molecule has 0 radical (unpaired) electrons. The Balaban J connectivity index is 1.94. The van der Waals surface area contributed by atoms with Crippen molar-refractivity contribution in [1.29, 1.82) is 0 Å². The van der Waals surface area contributed by atoms with Crippen LogP contribution in [0.4, 0.5) is 5.82 Å². The molecule has 0 spiro atoms. The van der Waals surface area contributed by atoms with E-state index in [0.29, 0.717) is 17.9 Å². The van der Waals surface area contributed by atoms with Crippen LogP contribution < -0.4 is 10.1 Å². The van der Waals surface area contributed by atoms with E-state index >= 15 is 0 Å². The number of hydrogen-bond acceptors (Lipinski definition) is 5. The molecule has 0 aliphatic heterocycles. The number of nitrogens with zero attached hydrogens (tertiary/aromatic N) is 2. The van der Waals surface area contributed by atoms with Crippen molar-refractivity contribution < 1.29 is 9.53 Å². The van der Waals surface area contributed by atoms with Gasteiger partial charge in [-0.1, -0.05) is 24.3 Å². The van der Waals surface area contributed by atoms with Crippen LogP contribution in [-0.2, 0) is 0 Å². The van der Waals surface area contributed by atoms with Crippen molar-refractivity contribution >= 4 is 22.5 Å². The van der Waals surface area contributed by atoms with Crippen LogP contribution in [0.2, 0.25) is 0 Å². The Hall–Kier alpha value is -2.92. The molecule has 26 heavy (non-hydrogen) atoms. The number of nitrogens with one attached hydrogen (secondary N) is 1. The second-order valence-corrected chi connectivity index (χ2v) is 6.70. The summed E-state index contributed by atoms with van der Waals surface area (Å²) in [7, 11) is 5.68. The Morgan fingerprint density at radius 2 is 1.85 bits per heavy atom. The molecule has 132 valence electrons. The first-order valence-electron chi connectivity index (χ1n) is 8.64. The van der Waals surface area contributed by atoms with Crippen molar-refractivity contribution in [2.24, 2.45) is 0 Å². The molecular weight excluding hydrogens is 326 g/mol. The zero-order valence-corrected chi connectivity index (χ0v) is 15.2. The van der Waals surface area contributed by atoms with Crippen LogP contribution in [0.3, 0.4) is 0 Å². The largest absolute Gasteiger partial charge is 0.497 e. The van der Waals surface area contributed by atoms with E-state index in [1.165, 1.54) is 0 Å². The summed E-state index contributed by atoms with van der Waals surface area (Å²) in [5, 5.41) is 4.33. The molecule has 5 heteroatoms. The number of ether oxygens (including phenoxy) is 1. The average Bonchev–Trinajstić information content (AvgIpc) is 2.95. The second kappa shape index (κ2) is 6.42. The van der Waals surface area contributed by atoms with Gasteiger partial charge in [0.05, 0.1) is 18.2 Å². The third kappa shape index (κ3) is 2.61. The van der Waals surface area contributed by atoms with Gasteiger partial charge < -0.3 is 15.0 Å². The third-order valence-electron chi connectivity index (χ3n) is 4.71.